The van der Waals surface area contributed by atoms with E-state index >= 15 is 8.78 Å². The van der Waals surface area contributed by atoms with Crippen molar-refractivity contribution in [1.82, 2.24) is 19.4 Å². The molecule has 0 bridgehead atoms. The number of phenols is 1. The average Bonchev–Trinajstić information content (AvgIpc) is 2.99. The molecule has 1 saturated heterocycles. The highest BCUT2D eigenvalue weighted by atomic mass is 19.1. The number of hydrogen-bond donors (Lipinski definition) is 1. The maximum Gasteiger partial charge on any atom is 0.354 e. The lowest BCUT2D eigenvalue weighted by atomic mass is 9.95. The van der Waals surface area contributed by atoms with E-state index in [-0.39, 0.29) is 40.7 Å². The summed E-state index contributed by atoms with van der Waals surface area (Å²) in [5.41, 5.74) is 1.31. The van der Waals surface area contributed by atoms with Gasteiger partial charge in [0.1, 0.15) is 17.4 Å². The highest BCUT2D eigenvalue weighted by Crippen LogP contribution is 2.46. The summed E-state index contributed by atoms with van der Waals surface area (Å²) in [4.78, 5) is 41.7. The van der Waals surface area contributed by atoms with Crippen molar-refractivity contribution in [3.05, 3.63) is 82.6 Å². The van der Waals surface area contributed by atoms with Crippen molar-refractivity contribution in [2.45, 2.75) is 52.1 Å². The molecule has 4 aromatic rings. The quantitative estimate of drug-likeness (QED) is 0.312. The second-order valence-electron chi connectivity index (χ2n) is 12.3. The van der Waals surface area contributed by atoms with E-state index in [0.29, 0.717) is 54.2 Å². The molecule has 0 saturated carbocycles. The SMILES string of the molecule is C=CC(=O)N1CC(C)N2c3nc(=O)n(-c4c(C)ccnc4C(C)C)c4cc(-c5c(O)cccc5F)c(F)c(c34)N(C)CCC2C1. The maximum absolute atomic E-state index is 17.0. The van der Waals surface area contributed by atoms with Crippen molar-refractivity contribution in [3.63, 3.8) is 0 Å². The van der Waals surface area contributed by atoms with Crippen molar-refractivity contribution in [1.29, 1.82) is 0 Å². The minimum absolute atomic E-state index is 0.0713. The Labute approximate surface area is 260 Å². The Kier molecular flexibility index (Phi) is 7.58. The lowest BCUT2D eigenvalue weighted by Crippen LogP contribution is -2.60. The van der Waals surface area contributed by atoms with Crippen LogP contribution in [0.5, 0.6) is 5.75 Å². The summed E-state index contributed by atoms with van der Waals surface area (Å²) in [6, 6.07) is 6.56. The van der Waals surface area contributed by atoms with Crippen LogP contribution < -0.4 is 15.5 Å². The zero-order valence-electron chi connectivity index (χ0n) is 26.0. The Morgan fingerprint density at radius 2 is 1.93 bits per heavy atom. The lowest BCUT2D eigenvalue weighted by molar-refractivity contribution is -0.127. The van der Waals surface area contributed by atoms with Gasteiger partial charge in [-0.1, -0.05) is 26.5 Å². The number of carbonyl (C=O) groups excluding carboxylic acids is 1. The smallest absolute Gasteiger partial charge is 0.354 e. The molecule has 0 aliphatic carbocycles. The minimum Gasteiger partial charge on any atom is -0.507 e. The number of aromatic hydroxyl groups is 1. The van der Waals surface area contributed by atoms with Crippen LogP contribution in [0.1, 0.15) is 44.4 Å². The van der Waals surface area contributed by atoms with Crippen LogP contribution in [0.25, 0.3) is 27.7 Å². The van der Waals surface area contributed by atoms with Crippen molar-refractivity contribution in [3.8, 4) is 22.6 Å². The van der Waals surface area contributed by atoms with Gasteiger partial charge in [-0.15, -0.1) is 0 Å². The Balaban J connectivity index is 1.77. The van der Waals surface area contributed by atoms with Gasteiger partial charge in [-0.25, -0.2) is 13.6 Å². The first kappa shape index (κ1) is 30.2. The number of rotatable bonds is 4. The predicted molar refractivity (Wildman–Crippen MR) is 171 cm³/mol. The topological polar surface area (TPSA) is 94.8 Å². The zero-order chi connectivity index (χ0) is 32.3. The number of nitrogens with zero attached hydrogens (tertiary/aromatic N) is 6. The van der Waals surface area contributed by atoms with Gasteiger partial charge in [-0.2, -0.15) is 4.98 Å². The number of fused-ring (bicyclic) bond motifs is 2. The predicted octanol–water partition coefficient (Wildman–Crippen LogP) is 5.29. The molecular weight excluding hydrogens is 578 g/mol. The van der Waals surface area contributed by atoms with Crippen molar-refractivity contribution in [2.75, 3.05) is 36.5 Å². The third kappa shape index (κ3) is 4.81. The zero-order valence-corrected chi connectivity index (χ0v) is 26.0. The summed E-state index contributed by atoms with van der Waals surface area (Å²) in [6.45, 7) is 12.5. The van der Waals surface area contributed by atoms with Gasteiger partial charge < -0.3 is 19.8 Å². The van der Waals surface area contributed by atoms with Crippen LogP contribution >= 0.6 is 0 Å². The van der Waals surface area contributed by atoms with Gasteiger partial charge in [0.15, 0.2) is 5.82 Å². The Hall–Kier alpha value is -4.80. The Morgan fingerprint density at radius 3 is 2.62 bits per heavy atom. The van der Waals surface area contributed by atoms with E-state index < -0.39 is 23.1 Å². The molecular formula is C34H36F2N6O3. The van der Waals surface area contributed by atoms with Gasteiger partial charge in [0, 0.05) is 44.5 Å². The fraction of sp³-hybridized carbons (Fsp3) is 0.353. The first-order chi connectivity index (χ1) is 21.4. The molecule has 1 N–H and O–H groups in total. The van der Waals surface area contributed by atoms with E-state index in [1.807, 2.05) is 32.6 Å². The largest absolute Gasteiger partial charge is 0.507 e. The number of carbonyl (C=O) groups is 1. The number of hydrogen-bond acceptors (Lipinski definition) is 7. The molecule has 0 radical (unpaired) electrons. The molecule has 1 fully saturated rings. The van der Waals surface area contributed by atoms with Gasteiger partial charge in [0.05, 0.1) is 39.6 Å². The van der Waals surface area contributed by atoms with Crippen LogP contribution in [0.15, 0.2) is 54.0 Å². The molecule has 11 heteroatoms. The molecule has 2 aromatic heterocycles. The first-order valence-corrected chi connectivity index (χ1v) is 15.1. The van der Waals surface area contributed by atoms with Crippen LogP contribution in [0.4, 0.5) is 20.3 Å². The summed E-state index contributed by atoms with van der Waals surface area (Å²) < 4.78 is 33.7. The summed E-state index contributed by atoms with van der Waals surface area (Å²) in [5, 5.41) is 11.1. The van der Waals surface area contributed by atoms with Gasteiger partial charge in [0.25, 0.3) is 0 Å². The highest BCUT2D eigenvalue weighted by Gasteiger charge is 2.39. The first-order valence-electron chi connectivity index (χ1n) is 15.1. The molecule has 2 aliphatic heterocycles. The van der Waals surface area contributed by atoms with Gasteiger partial charge in [-0.05, 0) is 62.1 Å². The average molecular weight is 615 g/mol. The normalized spacial score (nSPS) is 18.2. The number of piperazine rings is 1. The Morgan fingerprint density at radius 1 is 1.18 bits per heavy atom. The molecule has 234 valence electrons. The number of aromatic nitrogens is 3. The summed E-state index contributed by atoms with van der Waals surface area (Å²) in [6.07, 6.45) is 3.50. The van der Waals surface area contributed by atoms with Gasteiger partial charge in [0.2, 0.25) is 5.91 Å². The standard InChI is InChI=1S/C34H36F2N6O3/c1-7-26(44)40-16-20(5)41-21(17-40)12-14-39(6)32-28-24(15-22(29(32)36)27-23(35)9-8-10-25(27)43)42(34(45)38-33(28)41)31-19(4)11-13-37-30(31)18(2)3/h7-11,13,15,18,20-21,43H,1,12,14,16-17H2,2-6H3. The monoisotopic (exact) mass is 614 g/mol. The number of anilines is 2. The van der Waals surface area contributed by atoms with Crippen LogP contribution in [0.2, 0.25) is 0 Å². The number of aryl methyl sites for hydroxylation is 1. The molecule has 2 aromatic carbocycles. The number of benzene rings is 2. The van der Waals surface area contributed by atoms with E-state index in [1.54, 1.807) is 29.1 Å². The third-order valence-electron chi connectivity index (χ3n) is 8.96. The molecule has 4 heterocycles. The highest BCUT2D eigenvalue weighted by molar-refractivity contribution is 6.05. The summed E-state index contributed by atoms with van der Waals surface area (Å²) >= 11 is 0. The van der Waals surface area contributed by atoms with Crippen LogP contribution in [0.3, 0.4) is 0 Å². The second-order valence-corrected chi connectivity index (χ2v) is 12.3. The Bertz CT molecular complexity index is 1900. The van der Waals surface area contributed by atoms with Crippen molar-refractivity contribution >= 4 is 28.3 Å². The van der Waals surface area contributed by atoms with Crippen molar-refractivity contribution < 1.29 is 18.7 Å². The molecule has 1 amide bonds. The number of amides is 1. The van der Waals surface area contributed by atoms with E-state index in [4.69, 9.17) is 0 Å². The van der Waals surface area contributed by atoms with Gasteiger partial charge >= 0.3 is 5.69 Å². The van der Waals surface area contributed by atoms with Crippen LogP contribution in [0, 0.1) is 18.6 Å². The van der Waals surface area contributed by atoms with E-state index in [0.717, 1.165) is 11.6 Å². The molecule has 45 heavy (non-hydrogen) atoms. The van der Waals surface area contributed by atoms with E-state index in [9.17, 15) is 14.7 Å². The fourth-order valence-electron chi connectivity index (χ4n) is 6.89. The van der Waals surface area contributed by atoms with Crippen LogP contribution in [-0.2, 0) is 4.79 Å². The van der Waals surface area contributed by atoms with Gasteiger partial charge in [-0.3, -0.25) is 14.3 Å². The molecule has 0 spiro atoms. The van der Waals surface area contributed by atoms with Crippen molar-refractivity contribution in [2.24, 2.45) is 0 Å². The lowest BCUT2D eigenvalue weighted by Gasteiger charge is -2.48. The molecule has 9 nitrogen and oxygen atoms in total. The molecule has 2 aliphatic rings. The minimum atomic E-state index is -0.797. The van der Waals surface area contributed by atoms with E-state index in [2.05, 4.69) is 16.5 Å². The maximum atomic E-state index is 17.0. The third-order valence-corrected chi connectivity index (χ3v) is 8.96. The second kappa shape index (κ2) is 11.3. The molecule has 2 unspecified atom stereocenters. The summed E-state index contributed by atoms with van der Waals surface area (Å²) in [5.74, 6) is -1.91. The molecule has 6 rings (SSSR count). The number of phenolic OH excluding ortho intramolecular Hbond substituents is 1. The summed E-state index contributed by atoms with van der Waals surface area (Å²) in [7, 11) is 1.74. The number of halogens is 2. The fourth-order valence-corrected chi connectivity index (χ4v) is 6.89. The number of pyridine rings is 1. The van der Waals surface area contributed by atoms with Crippen LogP contribution in [-0.4, -0.2) is 69.2 Å². The molecule has 2 atom stereocenters. The van der Waals surface area contributed by atoms with E-state index in [1.165, 1.54) is 28.8 Å².